The van der Waals surface area contributed by atoms with Crippen LogP contribution in [0, 0.1) is 0 Å². The summed E-state index contributed by atoms with van der Waals surface area (Å²) in [5.74, 6) is 0.876. The normalized spacial score (nSPS) is 22.2. The fourth-order valence-corrected chi connectivity index (χ4v) is 4.93. The lowest BCUT2D eigenvalue weighted by molar-refractivity contribution is 0.366. The van der Waals surface area contributed by atoms with Crippen molar-refractivity contribution in [2.24, 2.45) is 4.40 Å². The third kappa shape index (κ3) is 3.31. The lowest BCUT2D eigenvalue weighted by Gasteiger charge is -2.37. The maximum atomic E-state index is 11.9. The first-order chi connectivity index (χ1) is 12.0. The summed E-state index contributed by atoms with van der Waals surface area (Å²) in [7, 11) is -3.32. The Morgan fingerprint density at radius 2 is 1.80 bits per heavy atom. The summed E-state index contributed by atoms with van der Waals surface area (Å²) in [6.07, 6.45) is 1.98. The predicted molar refractivity (Wildman–Crippen MR) is 102 cm³/mol. The number of rotatable bonds is 2. The van der Waals surface area contributed by atoms with Crippen LogP contribution < -0.4 is 0 Å². The van der Waals surface area contributed by atoms with E-state index in [0.717, 1.165) is 41.1 Å². The zero-order chi connectivity index (χ0) is 17.4. The summed E-state index contributed by atoms with van der Waals surface area (Å²) in [4.78, 5) is 2.12. The minimum atomic E-state index is -3.32. The van der Waals surface area contributed by atoms with Crippen molar-refractivity contribution in [3.8, 4) is 11.1 Å². The first-order valence-corrected chi connectivity index (χ1v) is 10.4. The zero-order valence-corrected chi connectivity index (χ0v) is 15.3. The average molecular weight is 375 g/mol. The van der Waals surface area contributed by atoms with E-state index in [0.29, 0.717) is 12.4 Å². The lowest BCUT2D eigenvalue weighted by atomic mass is 9.88. The maximum absolute atomic E-state index is 11.9. The molecule has 1 unspecified atom stereocenters. The fraction of sp³-hybridized carbons (Fsp3) is 0.316. The minimum Gasteiger partial charge on any atom is -0.358 e. The molecule has 0 aliphatic carbocycles. The molecule has 1 atom stereocenters. The maximum Gasteiger partial charge on any atom is 0.256 e. The Labute approximate surface area is 153 Å². The molecule has 0 radical (unpaired) electrons. The van der Waals surface area contributed by atoms with E-state index in [2.05, 4.69) is 21.4 Å². The molecule has 0 aromatic heterocycles. The van der Waals surface area contributed by atoms with Gasteiger partial charge in [-0.3, -0.25) is 0 Å². The van der Waals surface area contributed by atoms with Crippen molar-refractivity contribution in [3.63, 3.8) is 0 Å². The third-order valence-corrected chi connectivity index (χ3v) is 6.40. The van der Waals surface area contributed by atoms with Crippen LogP contribution in [0.2, 0.25) is 5.02 Å². The first-order valence-electron chi connectivity index (χ1n) is 8.46. The predicted octanol–water partition coefficient (Wildman–Crippen LogP) is 3.93. The van der Waals surface area contributed by atoms with Crippen LogP contribution in [0.4, 0.5) is 0 Å². The number of benzene rings is 2. The molecule has 4 nitrogen and oxygen atoms in total. The molecule has 25 heavy (non-hydrogen) atoms. The molecule has 6 heteroatoms. The Hall–Kier alpha value is -1.85. The van der Waals surface area contributed by atoms with Crippen molar-refractivity contribution in [2.45, 2.75) is 18.8 Å². The van der Waals surface area contributed by atoms with Crippen LogP contribution in [-0.2, 0) is 10.0 Å². The summed E-state index contributed by atoms with van der Waals surface area (Å²) in [6, 6.07) is 16.0. The highest BCUT2D eigenvalue weighted by Gasteiger charge is 2.33. The van der Waals surface area contributed by atoms with Gasteiger partial charge in [0.25, 0.3) is 10.0 Å². The van der Waals surface area contributed by atoms with Crippen molar-refractivity contribution in [2.75, 3.05) is 18.8 Å². The van der Waals surface area contributed by atoms with Crippen LogP contribution in [0.1, 0.15) is 24.3 Å². The molecule has 2 aromatic carbocycles. The second-order valence-electron chi connectivity index (χ2n) is 6.52. The smallest absolute Gasteiger partial charge is 0.256 e. The Balaban J connectivity index is 1.68. The fourth-order valence-electron chi connectivity index (χ4n) is 3.62. The highest BCUT2D eigenvalue weighted by molar-refractivity contribution is 7.90. The molecule has 130 valence electrons. The molecule has 0 bridgehead atoms. The second kappa shape index (κ2) is 6.46. The van der Waals surface area contributed by atoms with E-state index >= 15 is 0 Å². The number of piperidine rings is 1. The van der Waals surface area contributed by atoms with Crippen molar-refractivity contribution < 1.29 is 8.42 Å². The number of nitrogens with zero attached hydrogens (tertiary/aromatic N) is 2. The molecule has 2 aliphatic heterocycles. The van der Waals surface area contributed by atoms with Crippen LogP contribution in [0.3, 0.4) is 0 Å². The van der Waals surface area contributed by atoms with Crippen LogP contribution in [0.15, 0.2) is 52.9 Å². The average Bonchev–Trinajstić information content (AvgIpc) is 2.61. The van der Waals surface area contributed by atoms with Gasteiger partial charge in [0.2, 0.25) is 0 Å². The standard InChI is InChI=1S/C19H19ClN2O2S/c20-18-6-2-1-4-16(18)14-7-9-15(10-8-14)17-5-3-11-22-12-13-25(23,24)21-19(17)22/h1-2,4,6-10,17H,3,5,11-13H2. The first kappa shape index (κ1) is 16.6. The lowest BCUT2D eigenvalue weighted by Crippen LogP contribution is -2.46. The quantitative estimate of drug-likeness (QED) is 0.800. The minimum absolute atomic E-state index is 0.0455. The molecular weight excluding hydrogens is 356 g/mol. The molecule has 2 heterocycles. The summed E-state index contributed by atoms with van der Waals surface area (Å²) in [5, 5.41) is 0.724. The van der Waals surface area contributed by atoms with Gasteiger partial charge in [-0.2, -0.15) is 0 Å². The van der Waals surface area contributed by atoms with Crippen LogP contribution in [0.25, 0.3) is 11.1 Å². The molecule has 0 spiro atoms. The van der Waals surface area contributed by atoms with Gasteiger partial charge in [-0.25, -0.2) is 8.42 Å². The number of hydrogen-bond acceptors (Lipinski definition) is 3. The van der Waals surface area contributed by atoms with E-state index in [1.54, 1.807) is 0 Å². The van der Waals surface area contributed by atoms with Gasteiger partial charge in [0.1, 0.15) is 5.84 Å². The highest BCUT2D eigenvalue weighted by atomic mass is 35.5. The Morgan fingerprint density at radius 1 is 1.04 bits per heavy atom. The van der Waals surface area contributed by atoms with Gasteiger partial charge in [0.15, 0.2) is 0 Å². The van der Waals surface area contributed by atoms with Gasteiger partial charge >= 0.3 is 0 Å². The molecular formula is C19H19ClN2O2S. The van der Waals surface area contributed by atoms with Gasteiger partial charge in [-0.15, -0.1) is 4.40 Å². The molecule has 0 N–H and O–H groups in total. The second-order valence-corrected chi connectivity index (χ2v) is 8.68. The number of hydrogen-bond donors (Lipinski definition) is 0. The summed E-state index contributed by atoms with van der Waals surface area (Å²) in [6.45, 7) is 1.44. The van der Waals surface area contributed by atoms with Crippen LogP contribution >= 0.6 is 11.6 Å². The highest BCUT2D eigenvalue weighted by Crippen LogP contribution is 2.33. The molecule has 4 rings (SSSR count). The SMILES string of the molecule is O=S1(=O)CCN2CCCC(c3ccc(-c4ccccc4Cl)cc3)C2=N1. The van der Waals surface area contributed by atoms with Crippen molar-refractivity contribution in [1.82, 2.24) is 4.90 Å². The van der Waals surface area contributed by atoms with Gasteiger partial charge in [0, 0.05) is 29.6 Å². The Morgan fingerprint density at radius 3 is 2.56 bits per heavy atom. The largest absolute Gasteiger partial charge is 0.358 e. The summed E-state index contributed by atoms with van der Waals surface area (Å²) < 4.78 is 27.9. The van der Waals surface area contributed by atoms with E-state index in [9.17, 15) is 8.42 Å². The van der Waals surface area contributed by atoms with Crippen molar-refractivity contribution in [1.29, 1.82) is 0 Å². The van der Waals surface area contributed by atoms with Gasteiger partial charge < -0.3 is 4.90 Å². The zero-order valence-electron chi connectivity index (χ0n) is 13.7. The number of amidine groups is 1. The molecule has 0 saturated carbocycles. The van der Waals surface area contributed by atoms with Crippen molar-refractivity contribution >= 4 is 27.5 Å². The monoisotopic (exact) mass is 374 g/mol. The molecule has 0 amide bonds. The van der Waals surface area contributed by atoms with Crippen LogP contribution in [0.5, 0.6) is 0 Å². The topological polar surface area (TPSA) is 49.7 Å². The number of sulfonamides is 1. The van der Waals surface area contributed by atoms with E-state index in [-0.39, 0.29) is 11.7 Å². The number of halogens is 1. The van der Waals surface area contributed by atoms with E-state index in [1.807, 2.05) is 36.4 Å². The van der Waals surface area contributed by atoms with Gasteiger partial charge in [-0.1, -0.05) is 54.1 Å². The van der Waals surface area contributed by atoms with Crippen molar-refractivity contribution in [3.05, 3.63) is 59.1 Å². The van der Waals surface area contributed by atoms with E-state index in [4.69, 9.17) is 11.6 Å². The summed E-state index contributed by atoms with van der Waals surface area (Å²) in [5.41, 5.74) is 3.16. The van der Waals surface area contributed by atoms with Gasteiger partial charge in [0.05, 0.1) is 5.75 Å². The van der Waals surface area contributed by atoms with Gasteiger partial charge in [-0.05, 0) is 30.0 Å². The van der Waals surface area contributed by atoms with E-state index < -0.39 is 10.0 Å². The Bertz CT molecular complexity index is 923. The molecule has 2 aliphatic rings. The molecule has 2 aromatic rings. The van der Waals surface area contributed by atoms with E-state index in [1.165, 1.54) is 0 Å². The Kier molecular flexibility index (Phi) is 4.29. The number of fused-ring (bicyclic) bond motifs is 1. The molecule has 1 saturated heterocycles. The third-order valence-electron chi connectivity index (χ3n) is 4.91. The molecule has 1 fully saturated rings. The van der Waals surface area contributed by atoms with Crippen LogP contribution in [-0.4, -0.2) is 38.0 Å². The summed E-state index contributed by atoms with van der Waals surface area (Å²) >= 11 is 6.28.